The van der Waals surface area contributed by atoms with Crippen LogP contribution in [0.4, 0.5) is 0 Å². The molecule has 2 N–H and O–H groups in total. The smallest absolute Gasteiger partial charge is 0.255 e. The third-order valence-electron chi connectivity index (χ3n) is 4.90. The van der Waals surface area contributed by atoms with Crippen molar-refractivity contribution in [1.82, 2.24) is 9.80 Å². The Morgan fingerprint density at radius 2 is 1.66 bits per heavy atom. The summed E-state index contributed by atoms with van der Waals surface area (Å²) < 4.78 is 0. The van der Waals surface area contributed by atoms with E-state index in [-0.39, 0.29) is 0 Å². The zero-order valence-electron chi connectivity index (χ0n) is 16.5. The second-order valence-electron chi connectivity index (χ2n) is 7.23. The van der Waals surface area contributed by atoms with Gasteiger partial charge in [0.25, 0.3) is 11.8 Å². The zero-order valence-corrected chi connectivity index (χ0v) is 16.5. The van der Waals surface area contributed by atoms with E-state index >= 15 is 0 Å². The number of aliphatic hydroxyl groups is 2. The molecule has 3 rings (SSSR count). The molecule has 0 aliphatic carbocycles. The standard InChI is InChI=1S/C23H24N2O4/c1-24(2)22(28)20(26)21(27)23(29)25-13-12-18-11-10-17(14-19(18)15-25)9-8-16-6-4-3-5-7-16/h3-7,10-11,14,20-21,26-27H,12-13,15H2,1-2H3/t20-,21-/m1/s1. The van der Waals surface area contributed by atoms with Crippen LogP contribution in [0.3, 0.4) is 0 Å². The van der Waals surface area contributed by atoms with Gasteiger partial charge in [0, 0.05) is 38.3 Å². The van der Waals surface area contributed by atoms with Gasteiger partial charge in [0.05, 0.1) is 0 Å². The van der Waals surface area contributed by atoms with Crippen molar-refractivity contribution in [3.8, 4) is 11.8 Å². The van der Waals surface area contributed by atoms with Crippen molar-refractivity contribution in [1.29, 1.82) is 0 Å². The summed E-state index contributed by atoms with van der Waals surface area (Å²) in [5.74, 6) is 4.88. The number of benzene rings is 2. The molecule has 150 valence electrons. The summed E-state index contributed by atoms with van der Waals surface area (Å²) in [5, 5.41) is 20.1. The first-order valence-electron chi connectivity index (χ1n) is 9.42. The number of nitrogens with zero attached hydrogens (tertiary/aromatic N) is 2. The molecule has 0 fully saturated rings. The van der Waals surface area contributed by atoms with E-state index < -0.39 is 24.0 Å². The maximum Gasteiger partial charge on any atom is 0.255 e. The predicted molar refractivity (Wildman–Crippen MR) is 109 cm³/mol. The highest BCUT2D eigenvalue weighted by atomic mass is 16.3. The van der Waals surface area contributed by atoms with E-state index in [1.54, 1.807) is 0 Å². The van der Waals surface area contributed by atoms with Gasteiger partial charge in [0.1, 0.15) is 0 Å². The zero-order chi connectivity index (χ0) is 21.0. The van der Waals surface area contributed by atoms with Crippen LogP contribution in [0, 0.1) is 11.8 Å². The average Bonchev–Trinajstić information content (AvgIpc) is 2.75. The van der Waals surface area contributed by atoms with Crippen LogP contribution in [0.25, 0.3) is 0 Å². The molecule has 0 saturated heterocycles. The van der Waals surface area contributed by atoms with Crippen LogP contribution >= 0.6 is 0 Å². The minimum Gasteiger partial charge on any atom is -0.380 e. The van der Waals surface area contributed by atoms with E-state index in [2.05, 4.69) is 11.8 Å². The normalized spacial score (nSPS) is 14.8. The molecule has 6 heteroatoms. The van der Waals surface area contributed by atoms with Crippen LogP contribution in [0.1, 0.15) is 22.3 Å². The maximum absolute atomic E-state index is 12.6. The van der Waals surface area contributed by atoms with Crippen molar-refractivity contribution in [3.05, 3.63) is 70.8 Å². The minimum absolute atomic E-state index is 0.301. The van der Waals surface area contributed by atoms with Crippen LogP contribution in [-0.4, -0.2) is 64.7 Å². The Balaban J connectivity index is 1.73. The van der Waals surface area contributed by atoms with E-state index in [4.69, 9.17) is 0 Å². The van der Waals surface area contributed by atoms with E-state index in [0.29, 0.717) is 19.5 Å². The topological polar surface area (TPSA) is 81.1 Å². The molecule has 2 aromatic rings. The van der Waals surface area contributed by atoms with Gasteiger partial charge in [-0.3, -0.25) is 9.59 Å². The van der Waals surface area contributed by atoms with Crippen molar-refractivity contribution in [2.24, 2.45) is 0 Å². The lowest BCUT2D eigenvalue weighted by Crippen LogP contribution is -2.51. The lowest BCUT2D eigenvalue weighted by atomic mass is 9.96. The van der Waals surface area contributed by atoms with Crippen LogP contribution in [0.2, 0.25) is 0 Å². The van der Waals surface area contributed by atoms with Gasteiger partial charge in [0.2, 0.25) is 0 Å². The van der Waals surface area contributed by atoms with E-state index in [1.165, 1.54) is 19.0 Å². The quantitative estimate of drug-likeness (QED) is 0.757. The number of likely N-dealkylation sites (N-methyl/N-ethyl adjacent to an activating group) is 1. The minimum atomic E-state index is -1.78. The fraction of sp³-hybridized carbons (Fsp3) is 0.304. The van der Waals surface area contributed by atoms with Crippen molar-refractivity contribution < 1.29 is 19.8 Å². The van der Waals surface area contributed by atoms with Gasteiger partial charge in [0.15, 0.2) is 12.2 Å². The SMILES string of the molecule is CN(C)C(=O)[C@H](O)[C@@H](O)C(=O)N1CCc2ccc(C#Cc3ccccc3)cc2C1. The van der Waals surface area contributed by atoms with Crippen LogP contribution in [0.15, 0.2) is 48.5 Å². The second-order valence-corrected chi connectivity index (χ2v) is 7.23. The molecule has 0 unspecified atom stereocenters. The lowest BCUT2D eigenvalue weighted by molar-refractivity contribution is -0.157. The van der Waals surface area contributed by atoms with Gasteiger partial charge >= 0.3 is 0 Å². The van der Waals surface area contributed by atoms with E-state index in [9.17, 15) is 19.8 Å². The van der Waals surface area contributed by atoms with Gasteiger partial charge in [-0.25, -0.2) is 0 Å². The summed E-state index contributed by atoms with van der Waals surface area (Å²) in [6, 6.07) is 15.6. The summed E-state index contributed by atoms with van der Waals surface area (Å²) in [6.45, 7) is 0.718. The molecule has 0 saturated carbocycles. The summed E-state index contributed by atoms with van der Waals surface area (Å²) in [4.78, 5) is 27.0. The Kier molecular flexibility index (Phi) is 6.32. The van der Waals surface area contributed by atoms with Crippen LogP contribution in [-0.2, 0) is 22.6 Å². The molecule has 1 aliphatic rings. The van der Waals surface area contributed by atoms with Gasteiger partial charge in [-0.1, -0.05) is 36.1 Å². The number of amides is 2. The molecular formula is C23H24N2O4. The molecule has 6 nitrogen and oxygen atoms in total. The van der Waals surface area contributed by atoms with Crippen molar-refractivity contribution >= 4 is 11.8 Å². The molecule has 2 aromatic carbocycles. The maximum atomic E-state index is 12.6. The number of carbonyl (C=O) groups is 2. The molecule has 2 atom stereocenters. The second kappa shape index (κ2) is 8.91. The first-order chi connectivity index (χ1) is 13.9. The first kappa shape index (κ1) is 20.6. The van der Waals surface area contributed by atoms with E-state index in [1.807, 2.05) is 48.5 Å². The summed E-state index contributed by atoms with van der Waals surface area (Å²) in [5.41, 5.74) is 3.83. The van der Waals surface area contributed by atoms with Gasteiger partial charge in [-0.05, 0) is 41.8 Å². The number of fused-ring (bicyclic) bond motifs is 1. The number of hydrogen-bond donors (Lipinski definition) is 2. The van der Waals surface area contributed by atoms with Crippen LogP contribution in [0.5, 0.6) is 0 Å². The summed E-state index contributed by atoms with van der Waals surface area (Å²) in [6.07, 6.45) is -2.92. The fourth-order valence-corrected chi connectivity index (χ4v) is 3.21. The summed E-state index contributed by atoms with van der Waals surface area (Å²) in [7, 11) is 2.91. The van der Waals surface area contributed by atoms with Gasteiger partial charge in [-0.15, -0.1) is 0 Å². The molecular weight excluding hydrogens is 368 g/mol. The highest BCUT2D eigenvalue weighted by molar-refractivity contribution is 5.90. The van der Waals surface area contributed by atoms with Crippen LogP contribution < -0.4 is 0 Å². The fourth-order valence-electron chi connectivity index (χ4n) is 3.21. The molecule has 0 radical (unpaired) electrons. The molecule has 2 amide bonds. The number of aliphatic hydroxyl groups excluding tert-OH is 2. The molecule has 1 heterocycles. The third kappa shape index (κ3) is 4.83. The Hall–Kier alpha value is -3.14. The van der Waals surface area contributed by atoms with Gasteiger partial charge in [-0.2, -0.15) is 0 Å². The number of hydrogen-bond acceptors (Lipinski definition) is 4. The Labute approximate surface area is 170 Å². The molecule has 29 heavy (non-hydrogen) atoms. The van der Waals surface area contributed by atoms with Crippen molar-refractivity contribution in [2.75, 3.05) is 20.6 Å². The largest absolute Gasteiger partial charge is 0.380 e. The van der Waals surface area contributed by atoms with Gasteiger partial charge < -0.3 is 20.0 Å². The molecule has 0 spiro atoms. The Morgan fingerprint density at radius 3 is 2.34 bits per heavy atom. The third-order valence-corrected chi connectivity index (χ3v) is 4.90. The average molecular weight is 392 g/mol. The lowest BCUT2D eigenvalue weighted by Gasteiger charge is -2.31. The molecule has 1 aliphatic heterocycles. The number of rotatable bonds is 3. The number of carbonyl (C=O) groups excluding carboxylic acids is 2. The monoisotopic (exact) mass is 392 g/mol. The molecule has 0 aromatic heterocycles. The highest BCUT2D eigenvalue weighted by Crippen LogP contribution is 2.21. The van der Waals surface area contributed by atoms with E-state index in [0.717, 1.165) is 27.2 Å². The Bertz CT molecular complexity index is 960. The first-order valence-corrected chi connectivity index (χ1v) is 9.42. The highest BCUT2D eigenvalue weighted by Gasteiger charge is 2.35. The van der Waals surface area contributed by atoms with Crippen molar-refractivity contribution in [2.45, 2.75) is 25.2 Å². The summed E-state index contributed by atoms with van der Waals surface area (Å²) >= 11 is 0. The predicted octanol–water partition coefficient (Wildman–Crippen LogP) is 0.781. The van der Waals surface area contributed by atoms with Crippen molar-refractivity contribution in [3.63, 3.8) is 0 Å². The Morgan fingerprint density at radius 1 is 0.966 bits per heavy atom. The molecule has 0 bridgehead atoms.